The first-order valence-corrected chi connectivity index (χ1v) is 11.3. The molecule has 1 aromatic heterocycles. The van der Waals surface area contributed by atoms with Gasteiger partial charge in [0.2, 0.25) is 5.91 Å². The van der Waals surface area contributed by atoms with Crippen LogP contribution in [0.4, 0.5) is 5.82 Å². The summed E-state index contributed by atoms with van der Waals surface area (Å²) in [6.45, 7) is 1.25. The Morgan fingerprint density at radius 2 is 2.27 bits per heavy atom. The van der Waals surface area contributed by atoms with Gasteiger partial charge in [0.1, 0.15) is 18.1 Å². The highest BCUT2D eigenvalue weighted by Crippen LogP contribution is 2.35. The number of rotatable bonds is 7. The molecular formula is C20H23ClN4O4S. The zero-order chi connectivity index (χ0) is 21.1. The molecule has 2 aliphatic heterocycles. The number of amides is 2. The summed E-state index contributed by atoms with van der Waals surface area (Å²) < 4.78 is 12.4. The molecule has 4 rings (SSSR count). The summed E-state index contributed by atoms with van der Waals surface area (Å²) in [5, 5.41) is 10.8. The standard InChI is InChI=1S/C20H23ClN4O4S/c1-28-17-5-4-12(21)7-14(17)20(27)23-19-15-10-30-11-16(15)24-25(19)9-18(26)22-8-13-3-2-6-29-13/h4-5,7,13H,2-3,6,8-11H2,1H3,(H,22,26)(H,23,27). The first kappa shape index (κ1) is 21.0. The van der Waals surface area contributed by atoms with Gasteiger partial charge in [-0.05, 0) is 31.0 Å². The molecule has 2 amide bonds. The minimum absolute atomic E-state index is 0.0205. The van der Waals surface area contributed by atoms with E-state index in [2.05, 4.69) is 15.7 Å². The maximum atomic E-state index is 13.0. The van der Waals surface area contributed by atoms with Crippen molar-refractivity contribution in [2.24, 2.45) is 0 Å². The van der Waals surface area contributed by atoms with Crippen LogP contribution in [0.5, 0.6) is 5.75 Å². The predicted molar refractivity (Wildman–Crippen MR) is 115 cm³/mol. The SMILES string of the molecule is COc1ccc(Cl)cc1C(=O)Nc1c2c(nn1CC(=O)NCC1CCCO1)CSC2. The molecule has 2 N–H and O–H groups in total. The monoisotopic (exact) mass is 450 g/mol. The van der Waals surface area contributed by atoms with Gasteiger partial charge in [0.15, 0.2) is 0 Å². The van der Waals surface area contributed by atoms with Crippen LogP contribution >= 0.6 is 23.4 Å². The molecule has 1 aromatic carbocycles. The lowest BCUT2D eigenvalue weighted by Crippen LogP contribution is -2.34. The van der Waals surface area contributed by atoms with E-state index < -0.39 is 0 Å². The van der Waals surface area contributed by atoms with E-state index in [0.29, 0.717) is 28.7 Å². The fraction of sp³-hybridized carbons (Fsp3) is 0.450. The van der Waals surface area contributed by atoms with Crippen LogP contribution in [0.1, 0.15) is 34.5 Å². The maximum absolute atomic E-state index is 13.0. The smallest absolute Gasteiger partial charge is 0.260 e. The summed E-state index contributed by atoms with van der Waals surface area (Å²) >= 11 is 7.78. The third-order valence-electron chi connectivity index (χ3n) is 5.10. The van der Waals surface area contributed by atoms with Gasteiger partial charge in [-0.2, -0.15) is 16.9 Å². The molecule has 1 saturated heterocycles. The largest absolute Gasteiger partial charge is 0.496 e. The number of nitrogens with one attached hydrogen (secondary N) is 2. The number of aromatic nitrogens is 2. The quantitative estimate of drug-likeness (QED) is 0.673. The van der Waals surface area contributed by atoms with Crippen molar-refractivity contribution < 1.29 is 19.1 Å². The molecule has 0 bridgehead atoms. The maximum Gasteiger partial charge on any atom is 0.260 e. The third-order valence-corrected chi connectivity index (χ3v) is 6.31. The number of hydrogen-bond acceptors (Lipinski definition) is 6. The van der Waals surface area contributed by atoms with Gasteiger partial charge in [0, 0.05) is 35.2 Å². The number of carbonyl (C=O) groups is 2. The number of hydrogen-bond donors (Lipinski definition) is 2. The van der Waals surface area contributed by atoms with Crippen LogP contribution in [0.15, 0.2) is 18.2 Å². The number of anilines is 1. The summed E-state index contributed by atoms with van der Waals surface area (Å²) in [7, 11) is 1.50. The summed E-state index contributed by atoms with van der Waals surface area (Å²) in [4.78, 5) is 25.4. The summed E-state index contributed by atoms with van der Waals surface area (Å²) in [5.74, 6) is 1.90. The Bertz CT molecular complexity index is 959. The Balaban J connectivity index is 1.51. The second-order valence-corrected chi connectivity index (χ2v) is 8.58. The fourth-order valence-corrected chi connectivity index (χ4v) is 4.78. The van der Waals surface area contributed by atoms with Gasteiger partial charge in [-0.3, -0.25) is 9.59 Å². The van der Waals surface area contributed by atoms with E-state index in [1.54, 1.807) is 34.6 Å². The van der Waals surface area contributed by atoms with Crippen LogP contribution in [0.2, 0.25) is 5.02 Å². The van der Waals surface area contributed by atoms with Crippen molar-refractivity contribution >= 4 is 41.0 Å². The Labute approximate surface area is 183 Å². The van der Waals surface area contributed by atoms with Gasteiger partial charge in [-0.1, -0.05) is 11.6 Å². The molecule has 2 aliphatic rings. The van der Waals surface area contributed by atoms with Crippen molar-refractivity contribution in [1.82, 2.24) is 15.1 Å². The summed E-state index contributed by atoms with van der Waals surface area (Å²) in [6.07, 6.45) is 2.05. The Kier molecular flexibility index (Phi) is 6.50. The molecule has 1 unspecified atom stereocenters. The van der Waals surface area contributed by atoms with E-state index in [9.17, 15) is 9.59 Å². The summed E-state index contributed by atoms with van der Waals surface area (Å²) in [5.41, 5.74) is 2.15. The minimum Gasteiger partial charge on any atom is -0.496 e. The van der Waals surface area contributed by atoms with Crippen molar-refractivity contribution in [3.05, 3.63) is 40.0 Å². The zero-order valence-electron chi connectivity index (χ0n) is 16.6. The fourth-order valence-electron chi connectivity index (χ4n) is 3.58. The Morgan fingerprint density at radius 3 is 3.03 bits per heavy atom. The number of methoxy groups -OCH3 is 1. The number of halogens is 1. The lowest BCUT2D eigenvalue weighted by Gasteiger charge is -2.14. The summed E-state index contributed by atoms with van der Waals surface area (Å²) in [6, 6.07) is 4.86. The molecule has 0 spiro atoms. The minimum atomic E-state index is -0.366. The van der Waals surface area contributed by atoms with E-state index in [1.165, 1.54) is 7.11 Å². The van der Waals surface area contributed by atoms with E-state index in [4.69, 9.17) is 21.1 Å². The number of fused-ring (bicyclic) bond motifs is 1. The first-order valence-electron chi connectivity index (χ1n) is 9.74. The second-order valence-electron chi connectivity index (χ2n) is 7.16. The van der Waals surface area contributed by atoms with Gasteiger partial charge in [0.25, 0.3) is 5.91 Å². The second kappa shape index (κ2) is 9.28. The van der Waals surface area contributed by atoms with E-state index in [-0.39, 0.29) is 24.5 Å². The van der Waals surface area contributed by atoms with Crippen LogP contribution in [0.3, 0.4) is 0 Å². The number of benzene rings is 1. The van der Waals surface area contributed by atoms with Crippen molar-refractivity contribution in [1.29, 1.82) is 0 Å². The third kappa shape index (κ3) is 4.58. The molecule has 0 aliphatic carbocycles. The average Bonchev–Trinajstić information content (AvgIpc) is 3.46. The lowest BCUT2D eigenvalue weighted by molar-refractivity contribution is -0.122. The van der Waals surface area contributed by atoms with E-state index >= 15 is 0 Å². The molecule has 1 atom stereocenters. The van der Waals surface area contributed by atoms with E-state index in [1.807, 2.05) is 0 Å². The Hall–Kier alpha value is -2.23. The number of nitrogens with zero attached hydrogens (tertiary/aromatic N) is 2. The molecule has 8 nitrogen and oxygen atoms in total. The van der Waals surface area contributed by atoms with Crippen LogP contribution < -0.4 is 15.4 Å². The number of thioether (sulfide) groups is 1. The van der Waals surface area contributed by atoms with Crippen LogP contribution in [0.25, 0.3) is 0 Å². The highest BCUT2D eigenvalue weighted by atomic mass is 35.5. The van der Waals surface area contributed by atoms with Crippen molar-refractivity contribution in [2.45, 2.75) is 37.0 Å². The van der Waals surface area contributed by atoms with Gasteiger partial charge in [-0.15, -0.1) is 0 Å². The van der Waals surface area contributed by atoms with Gasteiger partial charge < -0.3 is 20.1 Å². The molecule has 3 heterocycles. The molecular weight excluding hydrogens is 428 g/mol. The molecule has 0 radical (unpaired) electrons. The molecule has 10 heteroatoms. The molecule has 2 aromatic rings. The zero-order valence-corrected chi connectivity index (χ0v) is 18.1. The topological polar surface area (TPSA) is 94.5 Å². The molecule has 0 saturated carbocycles. The van der Waals surface area contributed by atoms with Crippen LogP contribution in [-0.2, 0) is 27.6 Å². The molecule has 30 heavy (non-hydrogen) atoms. The predicted octanol–water partition coefficient (Wildman–Crippen LogP) is 2.84. The number of ether oxygens (including phenoxy) is 2. The lowest BCUT2D eigenvalue weighted by atomic mass is 10.2. The van der Waals surface area contributed by atoms with Crippen LogP contribution in [0, 0.1) is 0 Å². The Morgan fingerprint density at radius 1 is 1.40 bits per heavy atom. The number of carbonyl (C=O) groups excluding carboxylic acids is 2. The van der Waals surface area contributed by atoms with E-state index in [0.717, 1.165) is 42.2 Å². The van der Waals surface area contributed by atoms with Gasteiger partial charge in [0.05, 0.1) is 24.5 Å². The normalized spacial score (nSPS) is 17.6. The molecule has 160 valence electrons. The van der Waals surface area contributed by atoms with Crippen molar-refractivity contribution in [3.63, 3.8) is 0 Å². The van der Waals surface area contributed by atoms with Crippen LogP contribution in [-0.4, -0.2) is 48.0 Å². The highest BCUT2D eigenvalue weighted by molar-refractivity contribution is 7.98. The highest BCUT2D eigenvalue weighted by Gasteiger charge is 2.26. The van der Waals surface area contributed by atoms with Gasteiger partial charge >= 0.3 is 0 Å². The van der Waals surface area contributed by atoms with Gasteiger partial charge in [-0.25, -0.2) is 4.68 Å². The first-order chi connectivity index (χ1) is 14.5. The van der Waals surface area contributed by atoms with Crippen molar-refractivity contribution in [2.75, 3.05) is 25.6 Å². The van der Waals surface area contributed by atoms with Crippen molar-refractivity contribution in [3.8, 4) is 5.75 Å². The average molecular weight is 451 g/mol. The molecule has 1 fully saturated rings.